The van der Waals surface area contributed by atoms with Crippen LogP contribution in [-0.2, 0) is 26.2 Å². The summed E-state index contributed by atoms with van der Waals surface area (Å²) >= 11 is 3.35. The van der Waals surface area contributed by atoms with Crippen LogP contribution in [0.15, 0.2) is 53.0 Å². The third-order valence-corrected chi connectivity index (χ3v) is 6.99. The quantitative estimate of drug-likeness (QED) is 0.420. The van der Waals surface area contributed by atoms with E-state index < -0.39 is 28.5 Å². The van der Waals surface area contributed by atoms with Crippen molar-refractivity contribution in [2.24, 2.45) is 5.92 Å². The first-order valence-corrected chi connectivity index (χ1v) is 14.0. The van der Waals surface area contributed by atoms with Crippen LogP contribution >= 0.6 is 15.9 Å². The summed E-state index contributed by atoms with van der Waals surface area (Å²) < 4.78 is 32.2. The van der Waals surface area contributed by atoms with E-state index in [1.807, 2.05) is 32.9 Å². The van der Waals surface area contributed by atoms with Gasteiger partial charge in [-0.1, -0.05) is 54.9 Å². The Labute approximate surface area is 216 Å². The Kier molecular flexibility index (Phi) is 10.6. The number of hydrogen-bond donors (Lipinski definition) is 1. The van der Waals surface area contributed by atoms with E-state index in [9.17, 15) is 18.0 Å². The van der Waals surface area contributed by atoms with Crippen LogP contribution in [0.5, 0.6) is 5.75 Å². The molecule has 0 bridgehead atoms. The van der Waals surface area contributed by atoms with Gasteiger partial charge >= 0.3 is 0 Å². The molecule has 0 aliphatic rings. The molecular weight excluding hydrogens is 534 g/mol. The van der Waals surface area contributed by atoms with E-state index in [0.717, 1.165) is 16.1 Å². The Morgan fingerprint density at radius 1 is 1.11 bits per heavy atom. The summed E-state index contributed by atoms with van der Waals surface area (Å²) in [6.07, 6.45) is 1.43. The van der Waals surface area contributed by atoms with E-state index in [1.54, 1.807) is 43.5 Å². The first kappa shape index (κ1) is 28.6. The normalized spacial score (nSPS) is 12.2. The van der Waals surface area contributed by atoms with Gasteiger partial charge in [0.2, 0.25) is 21.8 Å². The van der Waals surface area contributed by atoms with Crippen LogP contribution in [0, 0.1) is 5.92 Å². The molecular formula is C25H34BrN3O5S. The van der Waals surface area contributed by atoms with Crippen LogP contribution in [-0.4, -0.2) is 57.6 Å². The summed E-state index contributed by atoms with van der Waals surface area (Å²) in [5.41, 5.74) is 1.15. The molecule has 0 aliphatic carbocycles. The van der Waals surface area contributed by atoms with Crippen LogP contribution < -0.4 is 14.4 Å². The fraction of sp³-hybridized carbons (Fsp3) is 0.440. The SMILES string of the molecule is CCC(C(=O)NCC(C)C)N(Cc1ccc(OC)cc1)C(=O)CN(c1cccc(Br)c1)S(C)(=O)=O. The third kappa shape index (κ3) is 8.54. The first-order chi connectivity index (χ1) is 16.5. The second-order valence-corrected chi connectivity index (χ2v) is 11.5. The standard InChI is InChI=1S/C25H34BrN3O5S/c1-6-23(25(31)27-15-18(2)3)28(16-19-10-12-22(34-4)13-11-19)24(30)17-29(35(5,32)33)21-9-7-8-20(26)14-21/h7-14,18,23H,6,15-17H2,1-5H3,(H,27,31). The second-order valence-electron chi connectivity index (χ2n) is 8.68. The number of amides is 2. The summed E-state index contributed by atoms with van der Waals surface area (Å²) in [7, 11) is -2.20. The highest BCUT2D eigenvalue weighted by Crippen LogP contribution is 2.23. The van der Waals surface area contributed by atoms with Gasteiger partial charge in [0, 0.05) is 17.6 Å². The number of ether oxygens (including phenoxy) is 1. The van der Waals surface area contributed by atoms with Crippen molar-refractivity contribution >= 4 is 43.5 Å². The Balaban J connectivity index is 2.41. The van der Waals surface area contributed by atoms with Crippen LogP contribution in [0.4, 0.5) is 5.69 Å². The molecule has 192 valence electrons. The maximum atomic E-state index is 13.6. The molecule has 0 spiro atoms. The van der Waals surface area contributed by atoms with Crippen molar-refractivity contribution < 1.29 is 22.7 Å². The maximum Gasteiger partial charge on any atom is 0.244 e. The summed E-state index contributed by atoms with van der Waals surface area (Å²) in [5, 5.41) is 2.90. The Morgan fingerprint density at radius 3 is 2.29 bits per heavy atom. The molecule has 8 nitrogen and oxygen atoms in total. The minimum Gasteiger partial charge on any atom is -0.497 e. The second kappa shape index (κ2) is 12.9. The molecule has 1 unspecified atom stereocenters. The van der Waals surface area contributed by atoms with Crippen molar-refractivity contribution in [3.8, 4) is 5.75 Å². The first-order valence-electron chi connectivity index (χ1n) is 11.4. The summed E-state index contributed by atoms with van der Waals surface area (Å²) in [4.78, 5) is 28.1. The van der Waals surface area contributed by atoms with Crippen molar-refractivity contribution in [3.63, 3.8) is 0 Å². The summed E-state index contributed by atoms with van der Waals surface area (Å²) in [5.74, 6) is 0.180. The number of halogens is 1. The number of nitrogens with zero attached hydrogens (tertiary/aromatic N) is 2. The van der Waals surface area contributed by atoms with Crippen LogP contribution in [0.25, 0.3) is 0 Å². The van der Waals surface area contributed by atoms with Gasteiger partial charge in [0.1, 0.15) is 18.3 Å². The van der Waals surface area contributed by atoms with Crippen molar-refractivity contribution in [1.82, 2.24) is 10.2 Å². The van der Waals surface area contributed by atoms with E-state index in [2.05, 4.69) is 21.2 Å². The van der Waals surface area contributed by atoms with E-state index in [4.69, 9.17) is 4.74 Å². The molecule has 0 radical (unpaired) electrons. The van der Waals surface area contributed by atoms with Crippen LogP contribution in [0.2, 0.25) is 0 Å². The average molecular weight is 569 g/mol. The molecule has 0 aliphatic heterocycles. The number of rotatable bonds is 12. The van der Waals surface area contributed by atoms with E-state index >= 15 is 0 Å². The van der Waals surface area contributed by atoms with E-state index in [0.29, 0.717) is 28.9 Å². The van der Waals surface area contributed by atoms with Crippen molar-refractivity contribution in [3.05, 3.63) is 58.6 Å². The van der Waals surface area contributed by atoms with Crippen molar-refractivity contribution in [1.29, 1.82) is 0 Å². The molecule has 10 heteroatoms. The van der Waals surface area contributed by atoms with E-state index in [-0.39, 0.29) is 18.4 Å². The fourth-order valence-electron chi connectivity index (χ4n) is 3.51. The lowest BCUT2D eigenvalue weighted by atomic mass is 10.1. The van der Waals surface area contributed by atoms with Gasteiger partial charge in [-0.2, -0.15) is 0 Å². The number of benzene rings is 2. The topological polar surface area (TPSA) is 96.0 Å². The van der Waals surface area contributed by atoms with Gasteiger partial charge in [0.05, 0.1) is 19.1 Å². The molecule has 2 aromatic carbocycles. The Morgan fingerprint density at radius 2 is 1.77 bits per heavy atom. The van der Waals surface area contributed by atoms with E-state index in [1.165, 1.54) is 4.90 Å². The Bertz CT molecular complexity index is 1110. The third-order valence-electron chi connectivity index (χ3n) is 5.36. The highest BCUT2D eigenvalue weighted by Gasteiger charge is 2.31. The predicted molar refractivity (Wildman–Crippen MR) is 142 cm³/mol. The molecule has 35 heavy (non-hydrogen) atoms. The lowest BCUT2D eigenvalue weighted by Gasteiger charge is -2.33. The monoisotopic (exact) mass is 567 g/mol. The zero-order chi connectivity index (χ0) is 26.2. The average Bonchev–Trinajstić information content (AvgIpc) is 2.80. The number of anilines is 1. The van der Waals surface area contributed by atoms with Crippen LogP contribution in [0.1, 0.15) is 32.8 Å². The molecule has 0 aromatic heterocycles. The predicted octanol–water partition coefficient (Wildman–Crippen LogP) is 3.80. The highest BCUT2D eigenvalue weighted by atomic mass is 79.9. The number of methoxy groups -OCH3 is 1. The van der Waals surface area contributed by atoms with Gasteiger partial charge in [-0.05, 0) is 48.2 Å². The van der Waals surface area contributed by atoms with Gasteiger partial charge in [-0.3, -0.25) is 13.9 Å². The maximum absolute atomic E-state index is 13.6. The zero-order valence-corrected chi connectivity index (χ0v) is 23.2. The molecule has 0 saturated carbocycles. The molecule has 1 N–H and O–H groups in total. The molecule has 0 saturated heterocycles. The molecule has 2 rings (SSSR count). The summed E-state index contributed by atoms with van der Waals surface area (Å²) in [6, 6.07) is 13.2. The van der Waals surface area contributed by atoms with Gasteiger partial charge in [0.15, 0.2) is 0 Å². The molecule has 1 atom stereocenters. The number of nitrogens with one attached hydrogen (secondary N) is 1. The lowest BCUT2D eigenvalue weighted by Crippen LogP contribution is -2.52. The zero-order valence-electron chi connectivity index (χ0n) is 20.8. The highest BCUT2D eigenvalue weighted by molar-refractivity contribution is 9.10. The minimum atomic E-state index is -3.77. The summed E-state index contributed by atoms with van der Waals surface area (Å²) in [6.45, 7) is 6.00. The largest absolute Gasteiger partial charge is 0.497 e. The molecule has 2 aromatic rings. The van der Waals surface area contributed by atoms with Gasteiger partial charge in [-0.15, -0.1) is 0 Å². The number of sulfonamides is 1. The molecule has 2 amide bonds. The smallest absolute Gasteiger partial charge is 0.244 e. The molecule has 0 fully saturated rings. The van der Waals surface area contributed by atoms with Gasteiger partial charge in [-0.25, -0.2) is 8.42 Å². The van der Waals surface area contributed by atoms with Crippen molar-refractivity contribution in [2.75, 3.05) is 30.8 Å². The molecule has 0 heterocycles. The lowest BCUT2D eigenvalue weighted by molar-refractivity contribution is -0.140. The fourth-order valence-corrected chi connectivity index (χ4v) is 4.74. The van der Waals surface area contributed by atoms with Crippen LogP contribution in [0.3, 0.4) is 0 Å². The number of carbonyl (C=O) groups is 2. The van der Waals surface area contributed by atoms with Gasteiger partial charge < -0.3 is 15.0 Å². The number of carbonyl (C=O) groups excluding carboxylic acids is 2. The minimum absolute atomic E-state index is 0.145. The van der Waals surface area contributed by atoms with Gasteiger partial charge in [0.25, 0.3) is 0 Å². The Hall–Kier alpha value is -2.59. The number of hydrogen-bond acceptors (Lipinski definition) is 5. The van der Waals surface area contributed by atoms with Crippen molar-refractivity contribution in [2.45, 2.75) is 39.8 Å².